The van der Waals surface area contributed by atoms with Gasteiger partial charge in [-0.3, -0.25) is 0 Å². The van der Waals surface area contributed by atoms with Gasteiger partial charge in [-0.05, 0) is 19.3 Å². The summed E-state index contributed by atoms with van der Waals surface area (Å²) in [6, 6.07) is 1.30. The van der Waals surface area contributed by atoms with Crippen LogP contribution in [0.3, 0.4) is 0 Å². The normalized spacial score (nSPS) is 20.8. The van der Waals surface area contributed by atoms with Crippen LogP contribution in [0.2, 0.25) is 0 Å². The monoisotopic (exact) mass is 238 g/mol. The van der Waals surface area contributed by atoms with Crippen LogP contribution in [-0.4, -0.2) is 24.2 Å². The molecule has 92 valence electrons. The maximum atomic E-state index is 14.0. The number of fused-ring (bicyclic) bond motifs is 2. The Morgan fingerprint density at radius 3 is 2.94 bits per heavy atom. The molecule has 1 N–H and O–H groups in total. The molecule has 0 bridgehead atoms. The predicted octanol–water partition coefficient (Wildman–Crippen LogP) is 1.40. The first kappa shape index (κ1) is 10.8. The number of rotatable bonds is 1. The molecule has 1 aliphatic carbocycles. The Kier molecular flexibility index (Phi) is 2.26. The molecule has 0 unspecified atom stereocenters. The van der Waals surface area contributed by atoms with Crippen molar-refractivity contribution in [2.75, 3.05) is 13.7 Å². The van der Waals surface area contributed by atoms with E-state index in [2.05, 4.69) is 10.1 Å². The van der Waals surface area contributed by atoms with Crippen molar-refractivity contribution < 1.29 is 13.9 Å². The molecule has 2 heterocycles. The molecule has 0 radical (unpaired) electrons. The minimum atomic E-state index is -0.466. The first-order chi connectivity index (χ1) is 8.18. The topological polar surface area (TPSA) is 43.3 Å². The van der Waals surface area contributed by atoms with Crippen molar-refractivity contribution in [1.29, 1.82) is 0 Å². The molecule has 0 aromatic carbocycles. The van der Waals surface area contributed by atoms with Crippen molar-refractivity contribution in [3.8, 4) is 0 Å². The van der Waals surface area contributed by atoms with Gasteiger partial charge in [-0.25, -0.2) is 9.18 Å². The van der Waals surface area contributed by atoms with Crippen LogP contribution in [-0.2, 0) is 16.8 Å². The van der Waals surface area contributed by atoms with Crippen molar-refractivity contribution in [1.82, 2.24) is 9.88 Å². The molecular formula is C12H15FN2O2. The van der Waals surface area contributed by atoms with E-state index >= 15 is 0 Å². The third-order valence-corrected chi connectivity index (χ3v) is 3.90. The van der Waals surface area contributed by atoms with Gasteiger partial charge in [0, 0.05) is 19.2 Å². The summed E-state index contributed by atoms with van der Waals surface area (Å²) >= 11 is 0. The number of halogens is 1. The van der Waals surface area contributed by atoms with E-state index in [1.165, 1.54) is 13.2 Å². The summed E-state index contributed by atoms with van der Waals surface area (Å²) in [5, 5.41) is 3.39. The number of nitrogens with zero attached hydrogens (tertiary/aromatic N) is 1. The van der Waals surface area contributed by atoms with Crippen molar-refractivity contribution in [2.45, 2.75) is 31.3 Å². The lowest BCUT2D eigenvalue weighted by Gasteiger charge is -2.46. The predicted molar refractivity (Wildman–Crippen MR) is 59.3 cm³/mol. The Hall–Kier alpha value is -1.36. The molecule has 1 aromatic rings. The molecule has 3 rings (SSSR count). The van der Waals surface area contributed by atoms with Crippen LogP contribution >= 0.6 is 0 Å². The molecule has 0 amide bonds. The van der Waals surface area contributed by atoms with Crippen molar-refractivity contribution >= 4 is 5.97 Å². The lowest BCUT2D eigenvalue weighted by molar-refractivity contribution is 0.0582. The highest BCUT2D eigenvalue weighted by Crippen LogP contribution is 2.44. The molecule has 0 saturated heterocycles. The van der Waals surface area contributed by atoms with Crippen molar-refractivity contribution in [3.63, 3.8) is 0 Å². The molecule has 1 aromatic heterocycles. The Balaban J connectivity index is 2.12. The molecule has 0 atom stereocenters. The SMILES string of the molecule is COC(=O)c1cc(F)c2n1CCNC21CCC1. The van der Waals surface area contributed by atoms with Gasteiger partial charge in [0.2, 0.25) is 0 Å². The summed E-state index contributed by atoms with van der Waals surface area (Å²) in [5.41, 5.74) is 0.720. The lowest BCUT2D eigenvalue weighted by Crippen LogP contribution is -2.54. The smallest absolute Gasteiger partial charge is 0.354 e. The fraction of sp³-hybridized carbons (Fsp3) is 0.583. The van der Waals surface area contributed by atoms with Gasteiger partial charge in [0.05, 0.1) is 18.3 Å². The van der Waals surface area contributed by atoms with Gasteiger partial charge >= 0.3 is 5.97 Å². The average Bonchev–Trinajstić information content (AvgIpc) is 2.64. The quantitative estimate of drug-likeness (QED) is 0.752. The van der Waals surface area contributed by atoms with Gasteiger partial charge in [0.1, 0.15) is 11.5 Å². The Bertz CT molecular complexity index is 477. The number of esters is 1. The second-order valence-electron chi connectivity index (χ2n) is 4.73. The number of aromatic nitrogens is 1. The summed E-state index contributed by atoms with van der Waals surface area (Å²) in [6.07, 6.45) is 2.98. The van der Waals surface area contributed by atoms with Gasteiger partial charge in [-0.2, -0.15) is 0 Å². The third kappa shape index (κ3) is 1.35. The van der Waals surface area contributed by atoms with Crippen LogP contribution in [0.25, 0.3) is 0 Å². The van der Waals surface area contributed by atoms with E-state index in [1.807, 2.05) is 0 Å². The van der Waals surface area contributed by atoms with E-state index in [1.54, 1.807) is 4.57 Å². The van der Waals surface area contributed by atoms with Crippen molar-refractivity contribution in [3.05, 3.63) is 23.3 Å². The van der Waals surface area contributed by atoms with E-state index in [0.717, 1.165) is 25.8 Å². The van der Waals surface area contributed by atoms with E-state index in [4.69, 9.17) is 0 Å². The number of carbonyl (C=O) groups is 1. The van der Waals surface area contributed by atoms with E-state index in [0.29, 0.717) is 17.9 Å². The number of methoxy groups -OCH3 is 1. The fourth-order valence-electron chi connectivity index (χ4n) is 2.94. The highest BCUT2D eigenvalue weighted by atomic mass is 19.1. The minimum Gasteiger partial charge on any atom is -0.464 e. The number of nitrogens with one attached hydrogen (secondary N) is 1. The molecule has 1 spiro atoms. The largest absolute Gasteiger partial charge is 0.464 e. The van der Waals surface area contributed by atoms with Gasteiger partial charge in [0.15, 0.2) is 0 Å². The minimum absolute atomic E-state index is 0.241. The van der Waals surface area contributed by atoms with Crippen LogP contribution in [0, 0.1) is 5.82 Å². The van der Waals surface area contributed by atoms with Crippen molar-refractivity contribution in [2.24, 2.45) is 0 Å². The van der Waals surface area contributed by atoms with Gasteiger partial charge in [-0.1, -0.05) is 0 Å². The average molecular weight is 238 g/mol. The fourth-order valence-corrected chi connectivity index (χ4v) is 2.94. The lowest BCUT2D eigenvalue weighted by atomic mass is 9.73. The number of hydrogen-bond donors (Lipinski definition) is 1. The highest BCUT2D eigenvalue weighted by molar-refractivity contribution is 5.88. The van der Waals surface area contributed by atoms with Gasteiger partial charge < -0.3 is 14.6 Å². The third-order valence-electron chi connectivity index (χ3n) is 3.90. The van der Waals surface area contributed by atoms with Gasteiger partial charge in [0.25, 0.3) is 0 Å². The summed E-state index contributed by atoms with van der Waals surface area (Å²) < 4.78 is 20.5. The van der Waals surface area contributed by atoms with Crippen LogP contribution < -0.4 is 5.32 Å². The second kappa shape index (κ2) is 3.57. The molecule has 5 heteroatoms. The maximum Gasteiger partial charge on any atom is 0.354 e. The number of hydrogen-bond acceptors (Lipinski definition) is 3. The summed E-state index contributed by atoms with van der Waals surface area (Å²) in [7, 11) is 1.32. The molecule has 4 nitrogen and oxygen atoms in total. The standard InChI is InChI=1S/C12H15FN2O2/c1-17-11(16)9-7-8(13)10-12(3-2-4-12)14-5-6-15(9)10/h7,14H,2-6H2,1H3. The van der Waals surface area contributed by atoms with E-state index in [-0.39, 0.29) is 11.4 Å². The Morgan fingerprint density at radius 1 is 1.59 bits per heavy atom. The molecule has 1 fully saturated rings. The summed E-state index contributed by atoms with van der Waals surface area (Å²) in [5.74, 6) is -0.760. The number of carbonyl (C=O) groups excluding carboxylic acids is 1. The van der Waals surface area contributed by atoms with E-state index in [9.17, 15) is 9.18 Å². The second-order valence-corrected chi connectivity index (χ2v) is 4.73. The Morgan fingerprint density at radius 2 is 2.35 bits per heavy atom. The number of ether oxygens (including phenoxy) is 1. The molecule has 2 aliphatic rings. The van der Waals surface area contributed by atoms with Crippen LogP contribution in [0.4, 0.5) is 4.39 Å². The molecular weight excluding hydrogens is 223 g/mol. The van der Waals surface area contributed by atoms with Crippen LogP contribution in [0.1, 0.15) is 35.4 Å². The summed E-state index contributed by atoms with van der Waals surface area (Å²) in [6.45, 7) is 1.39. The van der Waals surface area contributed by atoms with Crippen LogP contribution in [0.5, 0.6) is 0 Å². The maximum absolute atomic E-state index is 14.0. The zero-order valence-electron chi connectivity index (χ0n) is 9.75. The molecule has 17 heavy (non-hydrogen) atoms. The molecule has 1 aliphatic heterocycles. The first-order valence-corrected chi connectivity index (χ1v) is 5.91. The summed E-state index contributed by atoms with van der Waals surface area (Å²) in [4.78, 5) is 11.6. The zero-order valence-corrected chi connectivity index (χ0v) is 9.75. The van der Waals surface area contributed by atoms with Gasteiger partial charge in [-0.15, -0.1) is 0 Å². The first-order valence-electron chi connectivity index (χ1n) is 5.91. The molecule has 1 saturated carbocycles. The van der Waals surface area contributed by atoms with E-state index < -0.39 is 5.97 Å². The Labute approximate surface area is 98.7 Å². The highest BCUT2D eigenvalue weighted by Gasteiger charge is 2.45. The zero-order chi connectivity index (χ0) is 12.0. The van der Waals surface area contributed by atoms with Crippen LogP contribution in [0.15, 0.2) is 6.07 Å².